The van der Waals surface area contributed by atoms with Gasteiger partial charge >= 0.3 is 0 Å². The molecule has 0 N–H and O–H groups in total. The van der Waals surface area contributed by atoms with Crippen molar-refractivity contribution in [3.8, 4) is 0 Å². The van der Waals surface area contributed by atoms with E-state index in [-0.39, 0.29) is 0 Å². The van der Waals surface area contributed by atoms with Gasteiger partial charge in [-0.3, -0.25) is 4.98 Å². The van der Waals surface area contributed by atoms with E-state index in [9.17, 15) is 0 Å². The lowest BCUT2D eigenvalue weighted by Crippen LogP contribution is -2.09. The molecule has 1 aromatic heterocycles. The number of ether oxygens (including phenoxy) is 1. The largest absolute Gasteiger partial charge is 0.381 e. The normalized spacial score (nSPS) is 24.4. The molecule has 0 spiro atoms. The van der Waals surface area contributed by atoms with Gasteiger partial charge in [0.15, 0.2) is 0 Å². The molecule has 2 aromatic rings. The topological polar surface area (TPSA) is 22.1 Å². The first-order chi connectivity index (χ1) is 8.25. The van der Waals surface area contributed by atoms with Gasteiger partial charge in [0.25, 0.3) is 0 Å². The number of aryl methyl sites for hydroxylation is 1. The molecule has 1 aliphatic rings. The average Bonchev–Trinajstić information content (AvgIpc) is 2.74. The molecule has 0 saturated carbocycles. The monoisotopic (exact) mass is 227 g/mol. The van der Waals surface area contributed by atoms with Crippen LogP contribution in [0.1, 0.15) is 24.1 Å². The molecule has 2 atom stereocenters. The molecule has 0 amide bonds. The Morgan fingerprint density at radius 1 is 1.24 bits per heavy atom. The van der Waals surface area contributed by atoms with Crippen molar-refractivity contribution in [1.29, 1.82) is 0 Å². The van der Waals surface area contributed by atoms with Crippen molar-refractivity contribution in [3.63, 3.8) is 0 Å². The van der Waals surface area contributed by atoms with Crippen LogP contribution >= 0.6 is 0 Å². The van der Waals surface area contributed by atoms with Crippen LogP contribution in [0.15, 0.2) is 30.3 Å². The Kier molecular flexibility index (Phi) is 2.60. The minimum absolute atomic E-state index is 0.507. The SMILES string of the molecule is Cc1nc2ccccc2cc1C1COCC1C. The predicted octanol–water partition coefficient (Wildman–Crippen LogP) is 3.29. The molecule has 1 aromatic carbocycles. The summed E-state index contributed by atoms with van der Waals surface area (Å²) in [7, 11) is 0. The first-order valence-corrected chi connectivity index (χ1v) is 6.20. The van der Waals surface area contributed by atoms with Crippen molar-refractivity contribution in [3.05, 3.63) is 41.6 Å². The number of para-hydroxylation sites is 1. The molecule has 2 nitrogen and oxygen atoms in total. The highest BCUT2D eigenvalue weighted by Gasteiger charge is 2.27. The van der Waals surface area contributed by atoms with Crippen LogP contribution in [0.5, 0.6) is 0 Å². The highest BCUT2D eigenvalue weighted by Crippen LogP contribution is 2.33. The van der Waals surface area contributed by atoms with E-state index in [0.29, 0.717) is 11.8 Å². The molecule has 1 saturated heterocycles. The summed E-state index contributed by atoms with van der Waals surface area (Å²) >= 11 is 0. The van der Waals surface area contributed by atoms with E-state index >= 15 is 0 Å². The summed E-state index contributed by atoms with van der Waals surface area (Å²) in [6.45, 7) is 6.07. The minimum atomic E-state index is 0.507. The zero-order valence-corrected chi connectivity index (χ0v) is 10.3. The van der Waals surface area contributed by atoms with Gasteiger partial charge in [0.05, 0.1) is 12.1 Å². The third-order valence-electron chi connectivity index (χ3n) is 3.72. The zero-order valence-electron chi connectivity index (χ0n) is 10.3. The predicted molar refractivity (Wildman–Crippen MR) is 69.2 cm³/mol. The number of aromatic nitrogens is 1. The maximum absolute atomic E-state index is 5.56. The van der Waals surface area contributed by atoms with Crippen LogP contribution in [0, 0.1) is 12.8 Å². The number of rotatable bonds is 1. The second-order valence-electron chi connectivity index (χ2n) is 4.98. The van der Waals surface area contributed by atoms with E-state index in [1.165, 1.54) is 10.9 Å². The van der Waals surface area contributed by atoms with Gasteiger partial charge in [-0.25, -0.2) is 0 Å². The maximum Gasteiger partial charge on any atom is 0.0705 e. The summed E-state index contributed by atoms with van der Waals surface area (Å²) in [5.41, 5.74) is 3.58. The van der Waals surface area contributed by atoms with E-state index in [1.54, 1.807) is 0 Å². The van der Waals surface area contributed by atoms with Crippen LogP contribution in [0.4, 0.5) is 0 Å². The summed E-state index contributed by atoms with van der Waals surface area (Å²) in [6, 6.07) is 10.6. The zero-order chi connectivity index (χ0) is 11.8. The molecule has 2 unspecified atom stereocenters. The standard InChI is InChI=1S/C15H17NO/c1-10-8-17-9-14(10)13-7-12-5-3-4-6-15(12)16-11(13)2/h3-7,10,14H,8-9H2,1-2H3. The fraction of sp³-hybridized carbons (Fsp3) is 0.400. The highest BCUT2D eigenvalue weighted by atomic mass is 16.5. The van der Waals surface area contributed by atoms with Gasteiger partial charge in [0.1, 0.15) is 0 Å². The van der Waals surface area contributed by atoms with Gasteiger partial charge in [0.2, 0.25) is 0 Å². The van der Waals surface area contributed by atoms with Crippen LogP contribution in [-0.2, 0) is 4.74 Å². The first kappa shape index (κ1) is 10.7. The quantitative estimate of drug-likeness (QED) is 0.745. The molecule has 0 radical (unpaired) electrons. The maximum atomic E-state index is 5.56. The van der Waals surface area contributed by atoms with Crippen molar-refractivity contribution in [1.82, 2.24) is 4.98 Å². The lowest BCUT2D eigenvalue weighted by molar-refractivity contribution is 0.186. The van der Waals surface area contributed by atoms with Crippen molar-refractivity contribution in [2.24, 2.45) is 5.92 Å². The Morgan fingerprint density at radius 2 is 2.06 bits per heavy atom. The molecule has 1 fully saturated rings. The van der Waals surface area contributed by atoms with E-state index in [4.69, 9.17) is 9.72 Å². The summed E-state index contributed by atoms with van der Waals surface area (Å²) in [5, 5.41) is 1.23. The molecule has 0 aliphatic carbocycles. The van der Waals surface area contributed by atoms with Crippen LogP contribution in [0.25, 0.3) is 10.9 Å². The van der Waals surface area contributed by atoms with Crippen LogP contribution < -0.4 is 0 Å². The minimum Gasteiger partial charge on any atom is -0.381 e. The molecule has 3 rings (SSSR count). The number of hydrogen-bond acceptors (Lipinski definition) is 2. The van der Waals surface area contributed by atoms with Crippen molar-refractivity contribution in [2.75, 3.05) is 13.2 Å². The molecule has 17 heavy (non-hydrogen) atoms. The summed E-state index contributed by atoms with van der Waals surface area (Å²) in [4.78, 5) is 4.70. The molecule has 2 heterocycles. The van der Waals surface area contributed by atoms with E-state index in [0.717, 1.165) is 24.4 Å². The average molecular weight is 227 g/mol. The van der Waals surface area contributed by atoms with Gasteiger partial charge in [-0.2, -0.15) is 0 Å². The molecule has 1 aliphatic heterocycles. The third kappa shape index (κ3) is 1.83. The first-order valence-electron chi connectivity index (χ1n) is 6.20. The Labute approximate surface area is 102 Å². The van der Waals surface area contributed by atoms with E-state index in [2.05, 4.69) is 38.1 Å². The van der Waals surface area contributed by atoms with E-state index < -0.39 is 0 Å². The second-order valence-corrected chi connectivity index (χ2v) is 4.98. The smallest absolute Gasteiger partial charge is 0.0705 e. The number of fused-ring (bicyclic) bond motifs is 1. The fourth-order valence-electron chi connectivity index (χ4n) is 2.66. The van der Waals surface area contributed by atoms with Crippen molar-refractivity contribution in [2.45, 2.75) is 19.8 Å². The van der Waals surface area contributed by atoms with Crippen LogP contribution in [0.2, 0.25) is 0 Å². The lowest BCUT2D eigenvalue weighted by atomic mass is 9.89. The van der Waals surface area contributed by atoms with E-state index in [1.807, 2.05) is 6.07 Å². The third-order valence-corrected chi connectivity index (χ3v) is 3.72. The number of benzene rings is 1. The van der Waals surface area contributed by atoms with Gasteiger partial charge in [0, 0.05) is 23.6 Å². The van der Waals surface area contributed by atoms with Crippen molar-refractivity contribution < 1.29 is 4.74 Å². The number of pyridine rings is 1. The van der Waals surface area contributed by atoms with Gasteiger partial charge in [-0.05, 0) is 30.5 Å². The van der Waals surface area contributed by atoms with Crippen LogP contribution in [-0.4, -0.2) is 18.2 Å². The molecule has 0 bridgehead atoms. The van der Waals surface area contributed by atoms with Gasteiger partial charge < -0.3 is 4.74 Å². The lowest BCUT2D eigenvalue weighted by Gasteiger charge is -2.16. The molecular weight excluding hydrogens is 210 g/mol. The Hall–Kier alpha value is -1.41. The molecule has 2 heteroatoms. The number of nitrogens with zero attached hydrogens (tertiary/aromatic N) is 1. The Bertz CT molecular complexity index is 550. The summed E-state index contributed by atoms with van der Waals surface area (Å²) < 4.78 is 5.56. The fourth-order valence-corrected chi connectivity index (χ4v) is 2.66. The van der Waals surface area contributed by atoms with Crippen LogP contribution in [0.3, 0.4) is 0 Å². The second kappa shape index (κ2) is 4.11. The van der Waals surface area contributed by atoms with Gasteiger partial charge in [-0.15, -0.1) is 0 Å². The highest BCUT2D eigenvalue weighted by molar-refractivity contribution is 5.79. The van der Waals surface area contributed by atoms with Gasteiger partial charge in [-0.1, -0.05) is 25.1 Å². The number of hydrogen-bond donors (Lipinski definition) is 0. The Morgan fingerprint density at radius 3 is 2.82 bits per heavy atom. The summed E-state index contributed by atoms with van der Waals surface area (Å²) in [5.74, 6) is 1.10. The Balaban J connectivity index is 2.12. The molecular formula is C15H17NO. The van der Waals surface area contributed by atoms with Crippen molar-refractivity contribution >= 4 is 10.9 Å². The summed E-state index contributed by atoms with van der Waals surface area (Å²) in [6.07, 6.45) is 0. The molecule has 88 valence electrons.